The van der Waals surface area contributed by atoms with Crippen molar-refractivity contribution in [3.63, 3.8) is 0 Å². The van der Waals surface area contributed by atoms with Gasteiger partial charge in [0.1, 0.15) is 5.69 Å². The van der Waals surface area contributed by atoms with Gasteiger partial charge in [-0.2, -0.15) is 5.10 Å². The number of hydrazone groups is 1. The van der Waals surface area contributed by atoms with E-state index >= 15 is 0 Å². The van der Waals surface area contributed by atoms with Crippen LogP contribution in [0.15, 0.2) is 40.5 Å². The van der Waals surface area contributed by atoms with Gasteiger partial charge < -0.3 is 17.0 Å². The minimum Gasteiger partial charge on any atom is -0.336 e. The predicted molar refractivity (Wildman–Crippen MR) is 95.9 cm³/mol. The summed E-state index contributed by atoms with van der Waals surface area (Å²) in [4.78, 5) is 28.7. The zero-order valence-electron chi connectivity index (χ0n) is 14.1. The topological polar surface area (TPSA) is 128 Å². The minimum atomic E-state index is -0.477. The van der Waals surface area contributed by atoms with Crippen LogP contribution in [-0.2, 0) is 6.42 Å². The molecule has 0 spiro atoms. The van der Waals surface area contributed by atoms with Crippen LogP contribution in [0, 0.1) is 5.41 Å². The van der Waals surface area contributed by atoms with Crippen LogP contribution >= 0.6 is 0 Å². The number of carbonyl (C=O) groups excluding carboxylic acids is 1. The molecule has 0 saturated heterocycles. The van der Waals surface area contributed by atoms with E-state index < -0.39 is 11.5 Å². The second kappa shape index (κ2) is 6.04. The number of hydrogen-bond donors (Lipinski definition) is 3. The minimum absolute atomic E-state index is 0.0870. The van der Waals surface area contributed by atoms with E-state index in [0.717, 1.165) is 4.68 Å². The first-order valence-electron chi connectivity index (χ1n) is 7.85. The molecular formula is C17H20N6O2. The van der Waals surface area contributed by atoms with Crippen LogP contribution in [0.2, 0.25) is 0 Å². The van der Waals surface area contributed by atoms with Gasteiger partial charge in [0.05, 0.1) is 11.4 Å². The largest absolute Gasteiger partial charge is 0.336 e. The van der Waals surface area contributed by atoms with Gasteiger partial charge in [-0.3, -0.25) is 14.6 Å². The molecule has 1 aliphatic rings. The number of pyridine rings is 2. The highest BCUT2D eigenvalue weighted by Gasteiger charge is 2.32. The van der Waals surface area contributed by atoms with Gasteiger partial charge in [0, 0.05) is 23.5 Å². The first-order chi connectivity index (χ1) is 11.8. The van der Waals surface area contributed by atoms with E-state index in [4.69, 9.17) is 11.7 Å². The van der Waals surface area contributed by atoms with Crippen LogP contribution in [-0.4, -0.2) is 21.3 Å². The molecule has 1 amide bonds. The fourth-order valence-electron chi connectivity index (χ4n) is 3.07. The first-order valence-corrected chi connectivity index (χ1v) is 7.85. The maximum absolute atomic E-state index is 12.6. The Morgan fingerprint density at radius 3 is 2.64 bits per heavy atom. The summed E-state index contributed by atoms with van der Waals surface area (Å²) in [5, 5.41) is 6.47. The quantitative estimate of drug-likeness (QED) is 0.551. The molecule has 0 bridgehead atoms. The fraction of sp³-hybridized carbons (Fsp3) is 0.294. The highest BCUT2D eigenvalue weighted by Crippen LogP contribution is 2.34. The Balaban J connectivity index is 2.05. The smallest absolute Gasteiger partial charge is 0.292 e. The standard InChI is InChI=1S/C17H20N6O2/c1-17(2)8-13(22-18)11-7-12(16(25)23(19)14(11)9-17)21-15(24)10-3-5-20-6-4-10/h3-7H,8-9,18-19H2,1-2H3,(H,21,24)/b22-13+. The average molecular weight is 340 g/mol. The van der Waals surface area contributed by atoms with E-state index in [2.05, 4.69) is 29.2 Å². The number of amides is 1. The third-order valence-corrected chi connectivity index (χ3v) is 4.29. The summed E-state index contributed by atoms with van der Waals surface area (Å²) in [6.45, 7) is 4.12. The molecule has 0 aromatic carbocycles. The highest BCUT2D eigenvalue weighted by atomic mass is 16.2. The van der Waals surface area contributed by atoms with Gasteiger partial charge in [0.15, 0.2) is 0 Å². The SMILES string of the molecule is CC1(C)C/C(=N\N)c2cc(NC(=O)c3ccncc3)c(=O)n(N)c2C1. The molecule has 0 saturated carbocycles. The number of anilines is 1. The van der Waals surface area contributed by atoms with Crippen molar-refractivity contribution in [2.24, 2.45) is 16.4 Å². The molecule has 0 fully saturated rings. The van der Waals surface area contributed by atoms with Crippen molar-refractivity contribution in [3.05, 3.63) is 57.8 Å². The summed E-state index contributed by atoms with van der Waals surface area (Å²) in [6.07, 6.45) is 4.28. The predicted octanol–water partition coefficient (Wildman–Crippen LogP) is 0.845. The van der Waals surface area contributed by atoms with Crippen molar-refractivity contribution >= 4 is 17.3 Å². The van der Waals surface area contributed by atoms with Gasteiger partial charge in [-0.05, 0) is 36.5 Å². The van der Waals surface area contributed by atoms with Crippen LogP contribution in [0.1, 0.15) is 41.9 Å². The molecule has 8 heteroatoms. The second-order valence-corrected chi connectivity index (χ2v) is 6.88. The molecular weight excluding hydrogens is 320 g/mol. The van der Waals surface area contributed by atoms with Crippen molar-refractivity contribution in [1.29, 1.82) is 0 Å². The lowest BCUT2D eigenvalue weighted by atomic mass is 9.75. The first kappa shape index (κ1) is 16.7. The summed E-state index contributed by atoms with van der Waals surface area (Å²) in [6, 6.07) is 4.72. The third kappa shape index (κ3) is 3.10. The number of carbonyl (C=O) groups is 1. The number of aromatic nitrogens is 2. The number of rotatable bonds is 2. The summed E-state index contributed by atoms with van der Waals surface area (Å²) in [5.74, 6) is 11.1. The van der Waals surface area contributed by atoms with Crippen molar-refractivity contribution in [3.8, 4) is 0 Å². The van der Waals surface area contributed by atoms with Gasteiger partial charge in [-0.1, -0.05) is 13.8 Å². The maximum atomic E-state index is 12.6. The summed E-state index contributed by atoms with van der Waals surface area (Å²) < 4.78 is 1.07. The monoisotopic (exact) mass is 340 g/mol. The molecule has 0 aliphatic heterocycles. The Morgan fingerprint density at radius 2 is 2.00 bits per heavy atom. The lowest BCUT2D eigenvalue weighted by molar-refractivity contribution is 0.102. The van der Waals surface area contributed by atoms with Crippen molar-refractivity contribution in [2.75, 3.05) is 11.2 Å². The van der Waals surface area contributed by atoms with E-state index in [0.29, 0.717) is 35.4 Å². The van der Waals surface area contributed by atoms with Crippen LogP contribution in [0.5, 0.6) is 0 Å². The highest BCUT2D eigenvalue weighted by molar-refractivity contribution is 6.06. The lowest BCUT2D eigenvalue weighted by Crippen LogP contribution is -2.40. The number of fused-ring (bicyclic) bond motifs is 1. The van der Waals surface area contributed by atoms with E-state index in [9.17, 15) is 9.59 Å². The number of nitrogens with one attached hydrogen (secondary N) is 1. The Bertz CT molecular complexity index is 915. The summed E-state index contributed by atoms with van der Waals surface area (Å²) in [7, 11) is 0. The van der Waals surface area contributed by atoms with Gasteiger partial charge in [-0.15, -0.1) is 0 Å². The molecule has 3 rings (SSSR count). The Hall–Kier alpha value is -3.16. The number of nitrogens with two attached hydrogens (primary N) is 2. The van der Waals surface area contributed by atoms with E-state index in [1.165, 1.54) is 12.4 Å². The van der Waals surface area contributed by atoms with Crippen molar-refractivity contribution in [2.45, 2.75) is 26.7 Å². The maximum Gasteiger partial charge on any atom is 0.292 e. The Morgan fingerprint density at radius 1 is 1.32 bits per heavy atom. The molecule has 0 radical (unpaired) electrons. The molecule has 5 N–H and O–H groups in total. The second-order valence-electron chi connectivity index (χ2n) is 6.88. The number of nitrogen functional groups attached to an aromatic ring is 1. The van der Waals surface area contributed by atoms with Gasteiger partial charge in [-0.25, -0.2) is 4.68 Å². The summed E-state index contributed by atoms with van der Waals surface area (Å²) >= 11 is 0. The molecule has 1 aliphatic carbocycles. The van der Waals surface area contributed by atoms with E-state index in [1.807, 2.05) is 0 Å². The van der Waals surface area contributed by atoms with Crippen LogP contribution in [0.4, 0.5) is 5.69 Å². The Kier molecular flexibility index (Phi) is 4.03. The normalized spacial score (nSPS) is 17.1. The zero-order chi connectivity index (χ0) is 18.2. The Labute approximate surface area is 144 Å². The molecule has 2 aromatic heterocycles. The van der Waals surface area contributed by atoms with Gasteiger partial charge in [0.2, 0.25) is 0 Å². The molecule has 8 nitrogen and oxygen atoms in total. The molecule has 2 aromatic rings. The zero-order valence-corrected chi connectivity index (χ0v) is 14.1. The van der Waals surface area contributed by atoms with E-state index in [1.54, 1.807) is 18.2 Å². The van der Waals surface area contributed by atoms with Crippen LogP contribution in [0.25, 0.3) is 0 Å². The molecule has 25 heavy (non-hydrogen) atoms. The number of nitrogens with zero attached hydrogens (tertiary/aromatic N) is 3. The number of hydrogen-bond acceptors (Lipinski definition) is 6. The molecule has 0 unspecified atom stereocenters. The molecule has 0 atom stereocenters. The average Bonchev–Trinajstić information content (AvgIpc) is 2.59. The molecule has 130 valence electrons. The van der Waals surface area contributed by atoms with Gasteiger partial charge >= 0.3 is 0 Å². The van der Waals surface area contributed by atoms with E-state index in [-0.39, 0.29) is 11.1 Å². The third-order valence-electron chi connectivity index (χ3n) is 4.29. The van der Waals surface area contributed by atoms with Crippen LogP contribution < -0.4 is 22.6 Å². The van der Waals surface area contributed by atoms with Gasteiger partial charge in [0.25, 0.3) is 11.5 Å². The van der Waals surface area contributed by atoms with Crippen molar-refractivity contribution in [1.82, 2.24) is 9.66 Å². The lowest BCUT2D eigenvalue weighted by Gasteiger charge is -2.33. The van der Waals surface area contributed by atoms with Crippen LogP contribution in [0.3, 0.4) is 0 Å². The van der Waals surface area contributed by atoms with Crippen molar-refractivity contribution < 1.29 is 4.79 Å². The fourth-order valence-corrected chi connectivity index (χ4v) is 3.07. The summed E-state index contributed by atoms with van der Waals surface area (Å²) in [5.41, 5.74) is 1.90. The molecule has 2 heterocycles.